The number of hydrogen-bond donors (Lipinski definition) is 2. The third-order valence-corrected chi connectivity index (χ3v) is 2.44. The van der Waals surface area contributed by atoms with Gasteiger partial charge in [-0.05, 0) is 44.1 Å². The molecule has 3 nitrogen and oxygen atoms in total. The average molecular weight is 244 g/mol. The molecule has 1 rings (SSSR count). The van der Waals surface area contributed by atoms with Crippen molar-refractivity contribution in [1.29, 1.82) is 0 Å². The van der Waals surface area contributed by atoms with Crippen LogP contribution in [-0.2, 0) is 0 Å². The third kappa shape index (κ3) is 5.10. The summed E-state index contributed by atoms with van der Waals surface area (Å²) in [5.41, 5.74) is 6.42. The Hall–Kier alpha value is -1.20. The maximum absolute atomic E-state index is 11.9. The fourth-order valence-corrected chi connectivity index (χ4v) is 1.48. The van der Waals surface area contributed by atoms with Crippen molar-refractivity contribution in [3.8, 4) is 5.75 Å². The number of ether oxygens (including phenoxy) is 1. The Bertz CT molecular complexity index is 317. The number of benzene rings is 1. The summed E-state index contributed by atoms with van der Waals surface area (Å²) in [6.07, 6.45) is 0.914. The highest BCUT2D eigenvalue weighted by Crippen LogP contribution is 2.18. The zero-order valence-electron chi connectivity index (χ0n) is 9.83. The lowest BCUT2D eigenvalue weighted by atomic mass is 10.1. The maximum atomic E-state index is 11.9. The van der Waals surface area contributed by atoms with Crippen LogP contribution in [0.5, 0.6) is 5.75 Å². The molecule has 1 unspecified atom stereocenters. The van der Waals surface area contributed by atoms with Crippen LogP contribution in [0, 0.1) is 0 Å². The van der Waals surface area contributed by atoms with Gasteiger partial charge in [-0.2, -0.15) is 8.78 Å². The highest BCUT2D eigenvalue weighted by atomic mass is 19.3. The second-order valence-electron chi connectivity index (χ2n) is 3.77. The summed E-state index contributed by atoms with van der Waals surface area (Å²) in [5.74, 6) is 0.179. The molecule has 3 N–H and O–H groups in total. The number of nitrogens with one attached hydrogen (secondary N) is 1. The van der Waals surface area contributed by atoms with E-state index >= 15 is 0 Å². The van der Waals surface area contributed by atoms with E-state index in [2.05, 4.69) is 10.1 Å². The molecule has 5 heteroatoms. The number of nitrogens with two attached hydrogens (primary N) is 1. The van der Waals surface area contributed by atoms with Gasteiger partial charge in [0.2, 0.25) is 0 Å². The summed E-state index contributed by atoms with van der Waals surface area (Å²) < 4.78 is 28.2. The van der Waals surface area contributed by atoms with E-state index in [0.717, 1.165) is 18.5 Å². The highest BCUT2D eigenvalue weighted by Gasteiger charge is 2.06. The van der Waals surface area contributed by atoms with Gasteiger partial charge in [-0.1, -0.05) is 12.1 Å². The summed E-state index contributed by atoms with van der Waals surface area (Å²) in [6, 6.07) is 6.81. The van der Waals surface area contributed by atoms with Crippen LogP contribution in [0.1, 0.15) is 24.9 Å². The minimum Gasteiger partial charge on any atom is -0.435 e. The van der Waals surface area contributed by atoms with E-state index in [1.807, 2.05) is 6.92 Å². The molecule has 0 heterocycles. The molecule has 0 saturated heterocycles. The molecule has 96 valence electrons. The number of halogens is 2. The first-order chi connectivity index (χ1) is 8.13. The third-order valence-electron chi connectivity index (χ3n) is 2.44. The van der Waals surface area contributed by atoms with Crippen LogP contribution < -0.4 is 15.8 Å². The van der Waals surface area contributed by atoms with Crippen LogP contribution >= 0.6 is 0 Å². The van der Waals surface area contributed by atoms with Crippen molar-refractivity contribution in [2.24, 2.45) is 5.73 Å². The maximum Gasteiger partial charge on any atom is 0.387 e. The molecule has 0 amide bonds. The summed E-state index contributed by atoms with van der Waals surface area (Å²) in [7, 11) is 0. The molecule has 0 spiro atoms. The molecule has 1 aromatic carbocycles. The van der Waals surface area contributed by atoms with E-state index in [-0.39, 0.29) is 11.8 Å². The quantitative estimate of drug-likeness (QED) is 0.723. The van der Waals surface area contributed by atoms with Gasteiger partial charge in [0.05, 0.1) is 0 Å². The van der Waals surface area contributed by atoms with E-state index in [9.17, 15) is 8.78 Å². The molecule has 0 aliphatic rings. The Morgan fingerprint density at radius 2 is 1.94 bits per heavy atom. The van der Waals surface area contributed by atoms with Gasteiger partial charge in [0.15, 0.2) is 0 Å². The van der Waals surface area contributed by atoms with Gasteiger partial charge in [0.1, 0.15) is 5.75 Å². The first-order valence-electron chi connectivity index (χ1n) is 5.61. The lowest BCUT2D eigenvalue weighted by Crippen LogP contribution is -2.21. The zero-order chi connectivity index (χ0) is 12.7. The minimum atomic E-state index is -2.78. The lowest BCUT2D eigenvalue weighted by molar-refractivity contribution is -0.0498. The fourth-order valence-electron chi connectivity index (χ4n) is 1.48. The molecule has 1 aromatic rings. The Labute approximate surface area is 100.0 Å². The molecule has 0 bridgehead atoms. The standard InChI is InChI=1S/C12H18F2N2O/c1-9(16-8-2-7-15)10-3-5-11(6-4-10)17-12(13)14/h3-6,9,12,16H,2,7-8,15H2,1H3. The molecule has 0 saturated carbocycles. The van der Waals surface area contributed by atoms with Crippen LogP contribution in [0.3, 0.4) is 0 Å². The molecule has 0 aliphatic heterocycles. The summed E-state index contributed by atoms with van der Waals surface area (Å²) in [5, 5.41) is 3.29. The van der Waals surface area contributed by atoms with Crippen molar-refractivity contribution in [3.05, 3.63) is 29.8 Å². The highest BCUT2D eigenvalue weighted by molar-refractivity contribution is 5.28. The van der Waals surface area contributed by atoms with Gasteiger partial charge in [-0.3, -0.25) is 0 Å². The first-order valence-corrected chi connectivity index (χ1v) is 5.61. The normalized spacial score (nSPS) is 12.8. The lowest BCUT2D eigenvalue weighted by Gasteiger charge is -2.14. The van der Waals surface area contributed by atoms with Crippen molar-refractivity contribution >= 4 is 0 Å². The van der Waals surface area contributed by atoms with E-state index < -0.39 is 6.61 Å². The number of rotatable bonds is 7. The predicted octanol–water partition coefficient (Wildman–Crippen LogP) is 2.29. The van der Waals surface area contributed by atoms with Crippen molar-refractivity contribution < 1.29 is 13.5 Å². The van der Waals surface area contributed by atoms with E-state index in [4.69, 9.17) is 5.73 Å². The van der Waals surface area contributed by atoms with E-state index in [1.54, 1.807) is 24.3 Å². The van der Waals surface area contributed by atoms with Crippen LogP contribution in [0.2, 0.25) is 0 Å². The largest absolute Gasteiger partial charge is 0.435 e. The fraction of sp³-hybridized carbons (Fsp3) is 0.500. The SMILES string of the molecule is CC(NCCCN)c1ccc(OC(F)F)cc1. The van der Waals surface area contributed by atoms with E-state index in [0.29, 0.717) is 6.54 Å². The molecular weight excluding hydrogens is 226 g/mol. The number of hydrogen-bond acceptors (Lipinski definition) is 3. The van der Waals surface area contributed by atoms with Gasteiger partial charge in [-0.15, -0.1) is 0 Å². The smallest absolute Gasteiger partial charge is 0.387 e. The Balaban J connectivity index is 2.48. The Morgan fingerprint density at radius 1 is 1.29 bits per heavy atom. The Morgan fingerprint density at radius 3 is 2.47 bits per heavy atom. The van der Waals surface area contributed by atoms with Crippen molar-refractivity contribution in [2.75, 3.05) is 13.1 Å². The van der Waals surface area contributed by atoms with Gasteiger partial charge < -0.3 is 15.8 Å². The van der Waals surface area contributed by atoms with Crippen molar-refractivity contribution in [3.63, 3.8) is 0 Å². The predicted molar refractivity (Wildman–Crippen MR) is 63.2 cm³/mol. The average Bonchev–Trinajstić information content (AvgIpc) is 2.29. The van der Waals surface area contributed by atoms with Gasteiger partial charge in [0.25, 0.3) is 0 Å². The second-order valence-corrected chi connectivity index (χ2v) is 3.77. The second kappa shape index (κ2) is 7.19. The van der Waals surface area contributed by atoms with Crippen LogP contribution in [0.25, 0.3) is 0 Å². The minimum absolute atomic E-state index is 0.169. The van der Waals surface area contributed by atoms with Gasteiger partial charge in [0, 0.05) is 6.04 Å². The molecule has 0 radical (unpaired) electrons. The molecule has 0 aliphatic carbocycles. The van der Waals surface area contributed by atoms with Crippen LogP contribution in [0.15, 0.2) is 24.3 Å². The van der Waals surface area contributed by atoms with Crippen molar-refractivity contribution in [2.45, 2.75) is 26.0 Å². The Kier molecular flexibility index (Phi) is 5.86. The zero-order valence-corrected chi connectivity index (χ0v) is 9.83. The van der Waals surface area contributed by atoms with Gasteiger partial charge in [-0.25, -0.2) is 0 Å². The molecule has 1 atom stereocenters. The van der Waals surface area contributed by atoms with Crippen molar-refractivity contribution in [1.82, 2.24) is 5.32 Å². The summed E-state index contributed by atoms with van der Waals surface area (Å²) in [4.78, 5) is 0. The first kappa shape index (κ1) is 13.9. The topological polar surface area (TPSA) is 47.3 Å². The molecule has 0 aromatic heterocycles. The van der Waals surface area contributed by atoms with Gasteiger partial charge >= 0.3 is 6.61 Å². The number of alkyl halides is 2. The summed E-state index contributed by atoms with van der Waals surface area (Å²) >= 11 is 0. The van der Waals surface area contributed by atoms with E-state index in [1.165, 1.54) is 0 Å². The summed E-state index contributed by atoms with van der Waals surface area (Å²) in [6.45, 7) is 0.730. The monoisotopic (exact) mass is 244 g/mol. The van der Waals surface area contributed by atoms with Crippen LogP contribution in [-0.4, -0.2) is 19.7 Å². The molecule has 17 heavy (non-hydrogen) atoms. The van der Waals surface area contributed by atoms with Crippen LogP contribution in [0.4, 0.5) is 8.78 Å². The molecule has 0 fully saturated rings. The molecular formula is C12H18F2N2O.